The summed E-state index contributed by atoms with van der Waals surface area (Å²) in [7, 11) is 1.68. The van der Waals surface area contributed by atoms with Crippen molar-refractivity contribution < 1.29 is 9.53 Å². The number of methoxy groups -OCH3 is 1. The van der Waals surface area contributed by atoms with Gasteiger partial charge in [-0.2, -0.15) is 0 Å². The van der Waals surface area contributed by atoms with Crippen LogP contribution in [0.2, 0.25) is 0 Å². The van der Waals surface area contributed by atoms with Crippen LogP contribution in [0.25, 0.3) is 0 Å². The molecule has 2 amide bonds. The van der Waals surface area contributed by atoms with E-state index in [1.165, 1.54) is 5.56 Å². The predicted molar refractivity (Wildman–Crippen MR) is 77.2 cm³/mol. The molecule has 0 unspecified atom stereocenters. The van der Waals surface area contributed by atoms with Gasteiger partial charge in [-0.25, -0.2) is 4.79 Å². The van der Waals surface area contributed by atoms with Gasteiger partial charge in [0.1, 0.15) is 0 Å². The van der Waals surface area contributed by atoms with Crippen LogP contribution in [0.5, 0.6) is 0 Å². The second kappa shape index (κ2) is 8.53. The number of rotatable bonds is 7. The molecule has 0 saturated carbocycles. The van der Waals surface area contributed by atoms with Crippen LogP contribution in [0.4, 0.5) is 4.79 Å². The Morgan fingerprint density at radius 1 is 1.26 bits per heavy atom. The molecule has 1 aromatic rings. The number of benzene rings is 1. The second-order valence-corrected chi connectivity index (χ2v) is 4.73. The molecule has 19 heavy (non-hydrogen) atoms. The van der Waals surface area contributed by atoms with Crippen LogP contribution in [0, 0.1) is 6.92 Å². The third kappa shape index (κ3) is 6.25. The molecule has 4 heteroatoms. The predicted octanol–water partition coefficient (Wildman–Crippen LogP) is 2.78. The van der Waals surface area contributed by atoms with Gasteiger partial charge in [0.05, 0.1) is 6.04 Å². The van der Waals surface area contributed by atoms with Gasteiger partial charge < -0.3 is 15.4 Å². The Bertz CT molecular complexity index is 376. The largest absolute Gasteiger partial charge is 0.385 e. The Hall–Kier alpha value is -1.55. The van der Waals surface area contributed by atoms with E-state index in [0.29, 0.717) is 6.54 Å². The molecule has 0 fully saturated rings. The monoisotopic (exact) mass is 264 g/mol. The SMILES string of the molecule is COCCCCNC(=O)N[C@H](C)c1ccc(C)cc1. The molecular weight excluding hydrogens is 240 g/mol. The van der Waals surface area contributed by atoms with E-state index in [4.69, 9.17) is 4.74 Å². The van der Waals surface area contributed by atoms with Crippen molar-refractivity contribution in [3.63, 3.8) is 0 Å². The summed E-state index contributed by atoms with van der Waals surface area (Å²) in [5.74, 6) is 0. The van der Waals surface area contributed by atoms with Crippen LogP contribution in [-0.4, -0.2) is 26.3 Å². The topological polar surface area (TPSA) is 50.4 Å². The molecule has 106 valence electrons. The number of nitrogens with one attached hydrogen (secondary N) is 2. The van der Waals surface area contributed by atoms with Gasteiger partial charge in [-0.15, -0.1) is 0 Å². The Balaban J connectivity index is 2.26. The third-order valence-electron chi connectivity index (χ3n) is 2.99. The smallest absolute Gasteiger partial charge is 0.315 e. The van der Waals surface area contributed by atoms with Gasteiger partial charge in [0, 0.05) is 20.3 Å². The Kier molecular flexibility index (Phi) is 6.97. The highest BCUT2D eigenvalue weighted by atomic mass is 16.5. The summed E-state index contributed by atoms with van der Waals surface area (Å²) in [4.78, 5) is 11.7. The summed E-state index contributed by atoms with van der Waals surface area (Å²) in [6.45, 7) is 5.45. The number of ether oxygens (including phenoxy) is 1. The van der Waals surface area contributed by atoms with Crippen molar-refractivity contribution in [1.82, 2.24) is 10.6 Å². The Morgan fingerprint density at radius 3 is 2.58 bits per heavy atom. The number of urea groups is 1. The quantitative estimate of drug-likeness (QED) is 0.744. The van der Waals surface area contributed by atoms with Crippen LogP contribution in [-0.2, 0) is 4.74 Å². The molecule has 1 rings (SSSR count). The van der Waals surface area contributed by atoms with Crippen molar-refractivity contribution >= 4 is 6.03 Å². The minimum atomic E-state index is -0.120. The summed E-state index contributed by atoms with van der Waals surface area (Å²) in [6, 6.07) is 8.08. The number of carbonyl (C=O) groups is 1. The van der Waals surface area contributed by atoms with Crippen LogP contribution in [0.15, 0.2) is 24.3 Å². The maximum atomic E-state index is 11.7. The highest BCUT2D eigenvalue weighted by Gasteiger charge is 2.08. The summed E-state index contributed by atoms with van der Waals surface area (Å²) < 4.78 is 4.95. The van der Waals surface area contributed by atoms with E-state index in [1.54, 1.807) is 7.11 Å². The first kappa shape index (κ1) is 15.5. The number of amides is 2. The molecule has 0 radical (unpaired) electrons. The molecule has 0 aromatic heterocycles. The summed E-state index contributed by atoms with van der Waals surface area (Å²) >= 11 is 0. The number of carbonyl (C=O) groups excluding carboxylic acids is 1. The van der Waals surface area contributed by atoms with E-state index in [2.05, 4.69) is 29.7 Å². The molecule has 0 aliphatic heterocycles. The summed E-state index contributed by atoms with van der Waals surface area (Å²) in [5.41, 5.74) is 2.33. The van der Waals surface area contributed by atoms with Crippen molar-refractivity contribution in [2.45, 2.75) is 32.7 Å². The Labute approximate surface area is 115 Å². The van der Waals surface area contributed by atoms with Crippen molar-refractivity contribution in [1.29, 1.82) is 0 Å². The molecule has 0 aliphatic carbocycles. The van der Waals surface area contributed by atoms with E-state index in [1.807, 2.05) is 19.1 Å². The zero-order valence-electron chi connectivity index (χ0n) is 12.0. The third-order valence-corrected chi connectivity index (χ3v) is 2.99. The minimum absolute atomic E-state index is 0.0135. The lowest BCUT2D eigenvalue weighted by atomic mass is 10.1. The molecular formula is C15H24N2O2. The van der Waals surface area contributed by atoms with Crippen LogP contribution in [0.3, 0.4) is 0 Å². The zero-order chi connectivity index (χ0) is 14.1. The van der Waals surface area contributed by atoms with Crippen LogP contribution in [0.1, 0.15) is 36.9 Å². The van der Waals surface area contributed by atoms with E-state index in [-0.39, 0.29) is 12.1 Å². The molecule has 0 saturated heterocycles. The molecule has 0 heterocycles. The molecule has 1 aromatic carbocycles. The van der Waals surface area contributed by atoms with Crippen molar-refractivity contribution in [2.75, 3.05) is 20.3 Å². The van der Waals surface area contributed by atoms with Gasteiger partial charge in [-0.05, 0) is 32.3 Å². The first-order valence-electron chi connectivity index (χ1n) is 6.73. The highest BCUT2D eigenvalue weighted by molar-refractivity contribution is 5.74. The van der Waals surface area contributed by atoms with Crippen molar-refractivity contribution in [2.24, 2.45) is 0 Å². The summed E-state index contributed by atoms with van der Waals surface area (Å²) in [5, 5.41) is 5.77. The Morgan fingerprint density at radius 2 is 1.95 bits per heavy atom. The average molecular weight is 264 g/mol. The van der Waals surface area contributed by atoms with E-state index in [0.717, 1.165) is 25.0 Å². The van der Waals surface area contributed by atoms with Crippen molar-refractivity contribution in [3.05, 3.63) is 35.4 Å². The zero-order valence-corrected chi connectivity index (χ0v) is 12.0. The fraction of sp³-hybridized carbons (Fsp3) is 0.533. The maximum absolute atomic E-state index is 11.7. The number of unbranched alkanes of at least 4 members (excludes halogenated alkanes) is 1. The van der Waals surface area contributed by atoms with Crippen molar-refractivity contribution in [3.8, 4) is 0 Å². The number of hydrogen-bond donors (Lipinski definition) is 2. The lowest BCUT2D eigenvalue weighted by Crippen LogP contribution is -2.37. The lowest BCUT2D eigenvalue weighted by Gasteiger charge is -2.15. The fourth-order valence-electron chi connectivity index (χ4n) is 1.76. The maximum Gasteiger partial charge on any atom is 0.315 e. The molecule has 4 nitrogen and oxygen atoms in total. The van der Waals surface area contributed by atoms with Gasteiger partial charge in [0.2, 0.25) is 0 Å². The van der Waals surface area contributed by atoms with E-state index in [9.17, 15) is 4.79 Å². The van der Waals surface area contributed by atoms with Gasteiger partial charge in [0.25, 0.3) is 0 Å². The van der Waals surface area contributed by atoms with E-state index < -0.39 is 0 Å². The lowest BCUT2D eigenvalue weighted by molar-refractivity contribution is 0.192. The number of aryl methyl sites for hydroxylation is 1. The van der Waals surface area contributed by atoms with Crippen LogP contribution < -0.4 is 10.6 Å². The van der Waals surface area contributed by atoms with Gasteiger partial charge >= 0.3 is 6.03 Å². The first-order chi connectivity index (χ1) is 9.13. The molecule has 2 N–H and O–H groups in total. The molecule has 0 aliphatic rings. The molecule has 0 spiro atoms. The first-order valence-corrected chi connectivity index (χ1v) is 6.73. The summed E-state index contributed by atoms with van der Waals surface area (Å²) in [6.07, 6.45) is 1.89. The molecule has 1 atom stereocenters. The van der Waals surface area contributed by atoms with Gasteiger partial charge in [-0.3, -0.25) is 0 Å². The van der Waals surface area contributed by atoms with E-state index >= 15 is 0 Å². The van der Waals surface area contributed by atoms with Crippen LogP contribution >= 0.6 is 0 Å². The standard InChI is InChI=1S/C15H24N2O2/c1-12-6-8-14(9-7-12)13(2)17-15(18)16-10-4-5-11-19-3/h6-9,13H,4-5,10-11H2,1-3H3,(H2,16,17,18)/t13-/m1/s1. The second-order valence-electron chi connectivity index (χ2n) is 4.73. The average Bonchev–Trinajstić information content (AvgIpc) is 2.39. The number of hydrogen-bond acceptors (Lipinski definition) is 2. The molecule has 0 bridgehead atoms. The van der Waals surface area contributed by atoms with Gasteiger partial charge in [0.15, 0.2) is 0 Å². The highest BCUT2D eigenvalue weighted by Crippen LogP contribution is 2.12. The minimum Gasteiger partial charge on any atom is -0.385 e. The normalized spacial score (nSPS) is 11.9. The fourth-order valence-corrected chi connectivity index (χ4v) is 1.76. The van der Waals surface area contributed by atoms with Gasteiger partial charge in [-0.1, -0.05) is 29.8 Å².